The number of hydrogen-bond donors (Lipinski definition) is 2. The summed E-state index contributed by atoms with van der Waals surface area (Å²) < 4.78 is 5.12. The van der Waals surface area contributed by atoms with E-state index in [4.69, 9.17) is 4.74 Å². The summed E-state index contributed by atoms with van der Waals surface area (Å²) >= 11 is 0. The molecule has 0 bridgehead atoms. The Kier molecular flexibility index (Phi) is 5.35. The van der Waals surface area contributed by atoms with Gasteiger partial charge in [0.15, 0.2) is 0 Å². The predicted octanol–water partition coefficient (Wildman–Crippen LogP) is 4.41. The van der Waals surface area contributed by atoms with Crippen LogP contribution in [0.4, 0.5) is 17.2 Å². The lowest BCUT2D eigenvalue weighted by atomic mass is 10.1. The van der Waals surface area contributed by atoms with Crippen LogP contribution >= 0.6 is 0 Å². The van der Waals surface area contributed by atoms with Gasteiger partial charge in [0.05, 0.1) is 7.11 Å². The Bertz CT molecular complexity index is 968. The van der Waals surface area contributed by atoms with E-state index in [-0.39, 0.29) is 5.91 Å². The number of anilines is 3. The number of methoxy groups -OCH3 is 1. The second-order valence-corrected chi connectivity index (χ2v) is 6.31. The van der Waals surface area contributed by atoms with Crippen LogP contribution in [-0.2, 0) is 0 Å². The maximum atomic E-state index is 12.6. The highest BCUT2D eigenvalue weighted by Gasteiger charge is 2.12. The number of carbonyl (C=O) groups excluding carboxylic acids is 1. The number of aryl methyl sites for hydroxylation is 3. The monoisotopic (exact) mass is 362 g/mol. The summed E-state index contributed by atoms with van der Waals surface area (Å²) in [4.78, 5) is 21.2. The molecule has 0 saturated carbocycles. The minimum Gasteiger partial charge on any atom is -0.497 e. The van der Waals surface area contributed by atoms with E-state index in [1.807, 2.05) is 26.0 Å². The summed E-state index contributed by atoms with van der Waals surface area (Å²) in [6.07, 6.45) is 0. The minimum atomic E-state index is -0.297. The van der Waals surface area contributed by atoms with E-state index in [0.717, 1.165) is 22.6 Å². The number of amides is 1. The average molecular weight is 362 g/mol. The molecule has 0 aliphatic heterocycles. The quantitative estimate of drug-likeness (QED) is 0.703. The van der Waals surface area contributed by atoms with Crippen molar-refractivity contribution < 1.29 is 9.53 Å². The predicted molar refractivity (Wildman–Crippen MR) is 107 cm³/mol. The van der Waals surface area contributed by atoms with Gasteiger partial charge < -0.3 is 15.4 Å². The van der Waals surface area contributed by atoms with Crippen LogP contribution in [0.15, 0.2) is 48.5 Å². The molecule has 6 heteroatoms. The van der Waals surface area contributed by atoms with E-state index in [1.54, 1.807) is 44.4 Å². The summed E-state index contributed by atoms with van der Waals surface area (Å²) in [5.74, 6) is 1.53. The van der Waals surface area contributed by atoms with Crippen LogP contribution in [0, 0.1) is 20.8 Å². The fourth-order valence-electron chi connectivity index (χ4n) is 2.63. The number of nitrogens with zero attached hydrogens (tertiary/aromatic N) is 2. The normalized spacial score (nSPS) is 10.4. The Morgan fingerprint density at radius 2 is 1.70 bits per heavy atom. The maximum absolute atomic E-state index is 12.6. The minimum absolute atomic E-state index is 0.297. The van der Waals surface area contributed by atoms with Gasteiger partial charge >= 0.3 is 0 Å². The molecule has 1 heterocycles. The van der Waals surface area contributed by atoms with Crippen molar-refractivity contribution in [1.82, 2.24) is 9.97 Å². The third-order valence-corrected chi connectivity index (χ3v) is 4.07. The molecule has 0 aliphatic carbocycles. The molecule has 1 amide bonds. The van der Waals surface area contributed by atoms with E-state index in [2.05, 4.69) is 26.7 Å². The number of aromatic nitrogens is 2. The molecule has 0 unspecified atom stereocenters. The molecule has 0 fully saturated rings. The van der Waals surface area contributed by atoms with Crippen LogP contribution in [0.1, 0.15) is 27.4 Å². The fraction of sp³-hybridized carbons (Fsp3) is 0.190. The standard InChI is InChI=1S/C21H22N4O2/c1-13-5-6-14(2)18(11-13)25-20-12-19(22-15(3)23-20)21(26)24-16-7-9-17(27-4)10-8-16/h5-12H,1-4H3,(H,24,26)(H,22,23,25). The van der Waals surface area contributed by atoms with Gasteiger partial charge in [-0.1, -0.05) is 12.1 Å². The molecule has 0 aliphatic rings. The van der Waals surface area contributed by atoms with Crippen LogP contribution < -0.4 is 15.4 Å². The molecule has 2 aromatic carbocycles. The number of carbonyl (C=O) groups is 1. The van der Waals surface area contributed by atoms with E-state index < -0.39 is 0 Å². The molecule has 27 heavy (non-hydrogen) atoms. The van der Waals surface area contributed by atoms with Crippen molar-refractivity contribution in [2.75, 3.05) is 17.7 Å². The van der Waals surface area contributed by atoms with Crippen molar-refractivity contribution in [3.8, 4) is 5.75 Å². The zero-order valence-electron chi connectivity index (χ0n) is 15.8. The molecule has 3 rings (SSSR count). The first-order valence-electron chi connectivity index (χ1n) is 8.60. The van der Waals surface area contributed by atoms with E-state index >= 15 is 0 Å². The van der Waals surface area contributed by atoms with Crippen LogP contribution in [-0.4, -0.2) is 23.0 Å². The van der Waals surface area contributed by atoms with Crippen molar-refractivity contribution in [3.63, 3.8) is 0 Å². The first-order chi connectivity index (χ1) is 12.9. The third-order valence-electron chi connectivity index (χ3n) is 4.07. The van der Waals surface area contributed by atoms with Gasteiger partial charge in [-0.2, -0.15) is 0 Å². The topological polar surface area (TPSA) is 76.1 Å². The Balaban J connectivity index is 1.81. The lowest BCUT2D eigenvalue weighted by Gasteiger charge is -2.12. The highest BCUT2D eigenvalue weighted by molar-refractivity contribution is 6.03. The van der Waals surface area contributed by atoms with Crippen molar-refractivity contribution in [1.29, 1.82) is 0 Å². The summed E-state index contributed by atoms with van der Waals surface area (Å²) in [6.45, 7) is 5.81. The van der Waals surface area contributed by atoms with Crippen LogP contribution in [0.2, 0.25) is 0 Å². The Morgan fingerprint density at radius 1 is 0.963 bits per heavy atom. The number of hydrogen-bond acceptors (Lipinski definition) is 5. The lowest BCUT2D eigenvalue weighted by Crippen LogP contribution is -2.15. The Labute approximate surface area is 158 Å². The van der Waals surface area contributed by atoms with E-state index in [0.29, 0.717) is 23.0 Å². The Hall–Kier alpha value is -3.41. The summed E-state index contributed by atoms with van der Waals surface area (Å²) in [5, 5.41) is 6.12. The number of rotatable bonds is 5. The second-order valence-electron chi connectivity index (χ2n) is 6.31. The van der Waals surface area contributed by atoms with Crippen LogP contribution in [0.3, 0.4) is 0 Å². The maximum Gasteiger partial charge on any atom is 0.274 e. The molecular weight excluding hydrogens is 340 g/mol. The first kappa shape index (κ1) is 18.4. The third kappa shape index (κ3) is 4.61. The molecule has 1 aromatic heterocycles. The van der Waals surface area contributed by atoms with Crippen molar-refractivity contribution in [2.45, 2.75) is 20.8 Å². The number of benzene rings is 2. The molecule has 138 valence electrons. The van der Waals surface area contributed by atoms with Crippen LogP contribution in [0.25, 0.3) is 0 Å². The van der Waals surface area contributed by atoms with Crippen molar-refractivity contribution >= 4 is 23.1 Å². The van der Waals surface area contributed by atoms with Gasteiger partial charge in [-0.15, -0.1) is 0 Å². The molecule has 2 N–H and O–H groups in total. The van der Waals surface area contributed by atoms with Gasteiger partial charge in [-0.05, 0) is 62.2 Å². The second kappa shape index (κ2) is 7.86. The van der Waals surface area contributed by atoms with Gasteiger partial charge in [-0.25, -0.2) is 9.97 Å². The summed E-state index contributed by atoms with van der Waals surface area (Å²) in [6, 6.07) is 14.9. The van der Waals surface area contributed by atoms with Gasteiger partial charge in [0.1, 0.15) is 23.1 Å². The molecule has 6 nitrogen and oxygen atoms in total. The molecule has 0 spiro atoms. The molecule has 0 atom stereocenters. The van der Waals surface area contributed by atoms with Gasteiger partial charge in [0.25, 0.3) is 5.91 Å². The molecule has 3 aromatic rings. The number of nitrogens with one attached hydrogen (secondary N) is 2. The van der Waals surface area contributed by atoms with Crippen molar-refractivity contribution in [3.05, 3.63) is 71.2 Å². The molecule has 0 saturated heterocycles. The smallest absolute Gasteiger partial charge is 0.274 e. The van der Waals surface area contributed by atoms with Gasteiger partial charge in [-0.3, -0.25) is 4.79 Å². The zero-order valence-corrected chi connectivity index (χ0v) is 15.8. The highest BCUT2D eigenvalue weighted by Crippen LogP contribution is 2.22. The fourth-order valence-corrected chi connectivity index (χ4v) is 2.63. The number of ether oxygens (including phenoxy) is 1. The molecule has 0 radical (unpaired) electrons. The highest BCUT2D eigenvalue weighted by atomic mass is 16.5. The average Bonchev–Trinajstić information content (AvgIpc) is 2.65. The van der Waals surface area contributed by atoms with Crippen LogP contribution in [0.5, 0.6) is 5.75 Å². The molecular formula is C21H22N4O2. The summed E-state index contributed by atoms with van der Waals surface area (Å²) in [5.41, 5.74) is 4.16. The van der Waals surface area contributed by atoms with Gasteiger partial charge in [0.2, 0.25) is 0 Å². The largest absolute Gasteiger partial charge is 0.497 e. The Morgan fingerprint density at radius 3 is 2.41 bits per heavy atom. The van der Waals surface area contributed by atoms with Gasteiger partial charge in [0, 0.05) is 17.4 Å². The summed E-state index contributed by atoms with van der Waals surface area (Å²) in [7, 11) is 1.60. The first-order valence-corrected chi connectivity index (χ1v) is 8.60. The zero-order chi connectivity index (χ0) is 19.4. The lowest BCUT2D eigenvalue weighted by molar-refractivity contribution is 0.102. The SMILES string of the molecule is COc1ccc(NC(=O)c2cc(Nc3cc(C)ccc3C)nc(C)n2)cc1. The van der Waals surface area contributed by atoms with E-state index in [1.165, 1.54) is 0 Å². The van der Waals surface area contributed by atoms with Crippen molar-refractivity contribution in [2.24, 2.45) is 0 Å². The van der Waals surface area contributed by atoms with E-state index in [9.17, 15) is 4.79 Å².